The minimum atomic E-state index is -0.530. The Balaban J connectivity index is 2.08. The summed E-state index contributed by atoms with van der Waals surface area (Å²) in [7, 11) is 0. The van der Waals surface area contributed by atoms with E-state index in [1.165, 1.54) is 0 Å². The Hall–Kier alpha value is -0.160. The topological polar surface area (TPSA) is 58.9 Å². The van der Waals surface area contributed by atoms with Gasteiger partial charge in [0.15, 0.2) is 0 Å². The van der Waals surface area contributed by atoms with Crippen LogP contribution in [0.2, 0.25) is 0 Å². The zero-order chi connectivity index (χ0) is 7.14. The van der Waals surface area contributed by atoms with Crippen molar-refractivity contribution in [1.29, 1.82) is 0 Å². The van der Waals surface area contributed by atoms with Crippen LogP contribution < -0.4 is 0 Å². The van der Waals surface area contributed by atoms with Crippen LogP contribution in [0, 0.1) is 0 Å². The van der Waals surface area contributed by atoms with Crippen LogP contribution in [0.25, 0.3) is 0 Å². The molecule has 10 heavy (non-hydrogen) atoms. The quantitative estimate of drug-likeness (QED) is 0.473. The van der Waals surface area contributed by atoms with E-state index in [0.717, 1.165) is 0 Å². The molecule has 0 aromatic heterocycles. The largest absolute Gasteiger partial charge is 0.394 e. The Kier molecular flexibility index (Phi) is 1.42. The van der Waals surface area contributed by atoms with E-state index in [4.69, 9.17) is 14.6 Å². The molecule has 4 atom stereocenters. The highest BCUT2D eigenvalue weighted by Crippen LogP contribution is 2.30. The van der Waals surface area contributed by atoms with E-state index in [0.29, 0.717) is 6.61 Å². The zero-order valence-electron chi connectivity index (χ0n) is 5.43. The number of aliphatic hydroxyl groups excluding tert-OH is 2. The summed E-state index contributed by atoms with van der Waals surface area (Å²) >= 11 is 0. The highest BCUT2D eigenvalue weighted by Gasteiger charge is 2.49. The van der Waals surface area contributed by atoms with Gasteiger partial charge in [-0.1, -0.05) is 0 Å². The van der Waals surface area contributed by atoms with E-state index >= 15 is 0 Å². The van der Waals surface area contributed by atoms with Gasteiger partial charge in [0.1, 0.15) is 24.4 Å². The molecule has 2 rings (SSSR count). The lowest BCUT2D eigenvalue weighted by Crippen LogP contribution is -2.33. The predicted molar refractivity (Wildman–Crippen MR) is 31.5 cm³/mol. The highest BCUT2D eigenvalue weighted by molar-refractivity contribution is 4.96. The second-order valence-corrected chi connectivity index (χ2v) is 2.68. The average Bonchev–Trinajstić information content (AvgIpc) is 2.46. The van der Waals surface area contributed by atoms with Gasteiger partial charge in [0.05, 0.1) is 13.2 Å². The summed E-state index contributed by atoms with van der Waals surface area (Å²) in [6.45, 7) is 0.389. The molecule has 58 valence electrons. The van der Waals surface area contributed by atoms with E-state index in [1.807, 2.05) is 0 Å². The minimum Gasteiger partial charge on any atom is -0.394 e. The van der Waals surface area contributed by atoms with E-state index in [2.05, 4.69) is 0 Å². The molecule has 0 unspecified atom stereocenters. The van der Waals surface area contributed by atoms with Crippen molar-refractivity contribution in [3.05, 3.63) is 0 Å². The van der Waals surface area contributed by atoms with Crippen LogP contribution in [0.4, 0.5) is 0 Å². The van der Waals surface area contributed by atoms with Crippen molar-refractivity contribution < 1.29 is 19.7 Å². The Bertz CT molecular complexity index is 138. The lowest BCUT2D eigenvalue weighted by Gasteiger charge is -2.19. The van der Waals surface area contributed by atoms with Crippen LogP contribution in [0.1, 0.15) is 0 Å². The summed E-state index contributed by atoms with van der Waals surface area (Å²) in [4.78, 5) is 0. The van der Waals surface area contributed by atoms with Crippen molar-refractivity contribution in [3.8, 4) is 0 Å². The van der Waals surface area contributed by atoms with Gasteiger partial charge in [-0.15, -0.1) is 0 Å². The fourth-order valence-corrected chi connectivity index (χ4v) is 1.51. The van der Waals surface area contributed by atoms with Gasteiger partial charge in [-0.25, -0.2) is 0 Å². The van der Waals surface area contributed by atoms with E-state index < -0.39 is 6.10 Å². The molecule has 4 heteroatoms. The summed E-state index contributed by atoms with van der Waals surface area (Å²) in [5, 5.41) is 18.0. The third-order valence-corrected chi connectivity index (χ3v) is 2.07. The van der Waals surface area contributed by atoms with Gasteiger partial charge in [0, 0.05) is 0 Å². The molecule has 0 aromatic carbocycles. The lowest BCUT2D eigenvalue weighted by molar-refractivity contribution is -0.108. The van der Waals surface area contributed by atoms with Gasteiger partial charge < -0.3 is 19.7 Å². The third-order valence-electron chi connectivity index (χ3n) is 2.07. The van der Waals surface area contributed by atoms with Crippen LogP contribution in [0.5, 0.6) is 0 Å². The molecule has 0 amide bonds. The number of aliphatic hydroxyl groups is 2. The Morgan fingerprint density at radius 2 is 2.30 bits per heavy atom. The fraction of sp³-hybridized carbons (Fsp3) is 1.00. The van der Waals surface area contributed by atoms with Crippen LogP contribution in [0.15, 0.2) is 0 Å². The lowest BCUT2D eigenvalue weighted by atomic mass is 10.1. The van der Waals surface area contributed by atoms with Crippen LogP contribution in [-0.2, 0) is 9.47 Å². The van der Waals surface area contributed by atoms with Crippen molar-refractivity contribution in [1.82, 2.24) is 0 Å². The van der Waals surface area contributed by atoms with Crippen LogP contribution in [0.3, 0.4) is 0 Å². The molecule has 0 aliphatic carbocycles. The van der Waals surface area contributed by atoms with Crippen molar-refractivity contribution in [2.24, 2.45) is 0 Å². The first-order valence-corrected chi connectivity index (χ1v) is 3.39. The molecule has 2 heterocycles. The maximum atomic E-state index is 9.27. The van der Waals surface area contributed by atoms with E-state index in [-0.39, 0.29) is 24.9 Å². The maximum absolute atomic E-state index is 9.27. The molecule has 2 aliphatic rings. The Labute approximate surface area is 58.4 Å². The molecule has 0 spiro atoms. The molecular weight excluding hydrogens is 136 g/mol. The molecule has 0 radical (unpaired) electrons. The monoisotopic (exact) mass is 146 g/mol. The first-order valence-electron chi connectivity index (χ1n) is 3.39. The fourth-order valence-electron chi connectivity index (χ4n) is 1.51. The second-order valence-electron chi connectivity index (χ2n) is 2.68. The average molecular weight is 146 g/mol. The van der Waals surface area contributed by atoms with E-state index in [9.17, 15) is 5.11 Å². The first-order chi connectivity index (χ1) is 4.83. The van der Waals surface area contributed by atoms with Gasteiger partial charge in [0.25, 0.3) is 0 Å². The van der Waals surface area contributed by atoms with Gasteiger partial charge in [0.2, 0.25) is 0 Å². The highest BCUT2D eigenvalue weighted by atomic mass is 16.6. The van der Waals surface area contributed by atoms with Crippen molar-refractivity contribution >= 4 is 0 Å². The summed E-state index contributed by atoms with van der Waals surface area (Å²) in [5.74, 6) is 0. The van der Waals surface area contributed by atoms with Gasteiger partial charge >= 0.3 is 0 Å². The standard InChI is InChI=1S/C6H10O4/c7-1-3-6-5(8)4(10-3)2-9-6/h3-8H,1-2H2/t3-,4+,5+,6+/m0/s1. The summed E-state index contributed by atoms with van der Waals surface area (Å²) < 4.78 is 10.3. The molecule has 2 fully saturated rings. The molecule has 2 bridgehead atoms. The smallest absolute Gasteiger partial charge is 0.114 e. The van der Waals surface area contributed by atoms with Gasteiger partial charge in [-0.3, -0.25) is 0 Å². The molecule has 4 nitrogen and oxygen atoms in total. The van der Waals surface area contributed by atoms with Crippen molar-refractivity contribution in [2.75, 3.05) is 13.2 Å². The molecular formula is C6H10O4. The van der Waals surface area contributed by atoms with Crippen LogP contribution in [-0.4, -0.2) is 47.8 Å². The summed E-state index contributed by atoms with van der Waals surface area (Å²) in [6.07, 6.45) is -1.34. The Morgan fingerprint density at radius 1 is 1.50 bits per heavy atom. The molecule has 0 aromatic rings. The number of ether oxygens (including phenoxy) is 2. The third kappa shape index (κ3) is 0.703. The molecule has 2 N–H and O–H groups in total. The van der Waals surface area contributed by atoms with Crippen LogP contribution >= 0.6 is 0 Å². The first kappa shape index (κ1) is 6.54. The normalized spacial score (nSPS) is 52.2. The van der Waals surface area contributed by atoms with Gasteiger partial charge in [-0.2, -0.15) is 0 Å². The molecule has 0 saturated carbocycles. The second kappa shape index (κ2) is 2.17. The SMILES string of the molecule is OC[C@@H]1O[C@@H]2CO[C@H]1[C@@H]2O. The summed E-state index contributed by atoms with van der Waals surface area (Å²) in [6, 6.07) is 0. The van der Waals surface area contributed by atoms with Crippen molar-refractivity contribution in [3.63, 3.8) is 0 Å². The molecule has 2 aliphatic heterocycles. The summed E-state index contributed by atoms with van der Waals surface area (Å²) in [5.41, 5.74) is 0. The van der Waals surface area contributed by atoms with E-state index in [1.54, 1.807) is 0 Å². The maximum Gasteiger partial charge on any atom is 0.114 e. The Morgan fingerprint density at radius 3 is 2.60 bits per heavy atom. The minimum absolute atomic E-state index is 0.0712. The number of rotatable bonds is 1. The molecule has 2 saturated heterocycles. The predicted octanol–water partition coefficient (Wildman–Crippen LogP) is -1.49. The number of hydrogen-bond acceptors (Lipinski definition) is 4. The van der Waals surface area contributed by atoms with Crippen molar-refractivity contribution in [2.45, 2.75) is 24.4 Å². The number of hydrogen-bond donors (Lipinski definition) is 2. The number of fused-ring (bicyclic) bond motifs is 2. The van der Waals surface area contributed by atoms with Gasteiger partial charge in [-0.05, 0) is 0 Å². The zero-order valence-corrected chi connectivity index (χ0v) is 5.43.